The third kappa shape index (κ3) is 10.4. The van der Waals surface area contributed by atoms with Crippen molar-refractivity contribution in [1.29, 1.82) is 0 Å². The smallest absolute Gasteiger partial charge is 0.108 e. The summed E-state index contributed by atoms with van der Waals surface area (Å²) < 4.78 is 11.7. The molecule has 0 aliphatic carbocycles. The summed E-state index contributed by atoms with van der Waals surface area (Å²) in [5, 5.41) is 0. The zero-order valence-electron chi connectivity index (χ0n) is 14.5. The maximum absolute atomic E-state index is 5.86. The lowest BCUT2D eigenvalue weighted by atomic mass is 9.78. The molecule has 0 radical (unpaired) electrons. The molecule has 0 aromatic rings. The Morgan fingerprint density at radius 1 is 0.947 bits per heavy atom. The molecule has 114 valence electrons. The van der Waals surface area contributed by atoms with Crippen molar-refractivity contribution in [3.05, 3.63) is 0 Å². The Morgan fingerprint density at radius 3 is 1.95 bits per heavy atom. The molecule has 0 amide bonds. The Balaban J connectivity index is 3.79. The number of rotatable bonds is 9. The van der Waals surface area contributed by atoms with Crippen molar-refractivity contribution in [2.24, 2.45) is 16.7 Å². The van der Waals surface area contributed by atoms with Crippen molar-refractivity contribution >= 4 is 7.85 Å². The van der Waals surface area contributed by atoms with Crippen LogP contribution in [0.4, 0.5) is 0 Å². The van der Waals surface area contributed by atoms with E-state index in [2.05, 4.69) is 56.3 Å². The van der Waals surface area contributed by atoms with Crippen LogP contribution in [0.3, 0.4) is 0 Å². The molecule has 0 spiro atoms. The highest BCUT2D eigenvalue weighted by molar-refractivity contribution is 6.11. The van der Waals surface area contributed by atoms with Gasteiger partial charge in [-0.3, -0.25) is 0 Å². The van der Waals surface area contributed by atoms with E-state index in [-0.39, 0.29) is 5.41 Å². The Labute approximate surface area is 122 Å². The second kappa shape index (κ2) is 8.31. The molecule has 0 aliphatic heterocycles. The van der Waals surface area contributed by atoms with Gasteiger partial charge in [0.15, 0.2) is 0 Å². The highest BCUT2D eigenvalue weighted by Gasteiger charge is 2.18. The maximum atomic E-state index is 5.86. The van der Waals surface area contributed by atoms with Crippen LogP contribution in [0.5, 0.6) is 0 Å². The molecule has 19 heavy (non-hydrogen) atoms. The lowest BCUT2D eigenvalue weighted by molar-refractivity contribution is 0.0261. The van der Waals surface area contributed by atoms with Gasteiger partial charge in [0, 0.05) is 13.2 Å². The van der Waals surface area contributed by atoms with E-state index in [0.717, 1.165) is 32.8 Å². The van der Waals surface area contributed by atoms with E-state index in [1.807, 2.05) is 0 Å². The molecule has 0 N–H and O–H groups in total. The van der Waals surface area contributed by atoms with Crippen molar-refractivity contribution in [2.45, 2.75) is 60.7 Å². The molecular weight excluding hydrogens is 235 g/mol. The Bertz CT molecular complexity index is 233. The second-order valence-corrected chi connectivity index (χ2v) is 8.06. The Hall–Kier alpha value is -0.0151. The van der Waals surface area contributed by atoms with Gasteiger partial charge in [-0.05, 0) is 29.0 Å². The maximum Gasteiger partial charge on any atom is 0.108 e. The molecule has 0 bridgehead atoms. The lowest BCUT2D eigenvalue weighted by Gasteiger charge is -2.26. The number of ether oxygens (including phenoxy) is 2. The topological polar surface area (TPSA) is 18.5 Å². The molecule has 0 aliphatic rings. The van der Waals surface area contributed by atoms with Gasteiger partial charge in [0.05, 0.1) is 13.2 Å². The van der Waals surface area contributed by atoms with Crippen molar-refractivity contribution in [3.63, 3.8) is 0 Å². The first kappa shape index (κ1) is 19.0. The molecule has 2 unspecified atom stereocenters. The minimum Gasteiger partial charge on any atom is -0.381 e. The Kier molecular flexibility index (Phi) is 8.30. The molecule has 0 aromatic heterocycles. The van der Waals surface area contributed by atoms with Crippen molar-refractivity contribution in [2.75, 3.05) is 26.4 Å². The fraction of sp³-hybridized carbons (Fsp3) is 1.00. The van der Waals surface area contributed by atoms with Crippen molar-refractivity contribution < 1.29 is 9.47 Å². The molecule has 0 saturated carbocycles. The predicted octanol–water partition coefficient (Wildman–Crippen LogP) is 3.56. The van der Waals surface area contributed by atoms with E-state index >= 15 is 0 Å². The van der Waals surface area contributed by atoms with Crippen molar-refractivity contribution in [3.8, 4) is 0 Å². The highest BCUT2D eigenvalue weighted by Crippen LogP contribution is 2.22. The summed E-state index contributed by atoms with van der Waals surface area (Å²) in [5.41, 5.74) is 0.552. The van der Waals surface area contributed by atoms with E-state index in [0.29, 0.717) is 17.2 Å². The molecule has 0 saturated heterocycles. The standard InChI is InChI=1S/C16H35BO2/c1-8-16(6,7)12-19-10-14(17)13(2)9-18-11-15(3,4)5/h13-14H,8-12,17H2,1-7H3. The molecule has 0 heterocycles. The third-order valence-corrected chi connectivity index (χ3v) is 3.72. The van der Waals surface area contributed by atoms with Gasteiger partial charge >= 0.3 is 0 Å². The van der Waals surface area contributed by atoms with Crippen LogP contribution in [0.2, 0.25) is 5.82 Å². The van der Waals surface area contributed by atoms with Crippen LogP contribution < -0.4 is 0 Å². The average molecular weight is 270 g/mol. The van der Waals surface area contributed by atoms with Crippen LogP contribution in [0, 0.1) is 16.7 Å². The first-order chi connectivity index (χ1) is 8.57. The second-order valence-electron chi connectivity index (χ2n) is 8.06. The zero-order valence-corrected chi connectivity index (χ0v) is 14.5. The summed E-state index contributed by atoms with van der Waals surface area (Å²) in [6, 6.07) is 0. The van der Waals surface area contributed by atoms with Crippen molar-refractivity contribution in [1.82, 2.24) is 0 Å². The molecule has 2 nitrogen and oxygen atoms in total. The monoisotopic (exact) mass is 270 g/mol. The third-order valence-electron chi connectivity index (χ3n) is 3.72. The molecule has 3 heteroatoms. The van der Waals surface area contributed by atoms with E-state index in [4.69, 9.17) is 9.47 Å². The van der Waals surface area contributed by atoms with Crippen LogP contribution in [-0.2, 0) is 9.47 Å². The van der Waals surface area contributed by atoms with E-state index in [1.54, 1.807) is 0 Å². The minimum atomic E-state index is 0.255. The number of hydrogen-bond acceptors (Lipinski definition) is 2. The SMILES string of the molecule is BC(COCC(C)(C)CC)C(C)COCC(C)(C)C. The van der Waals surface area contributed by atoms with Gasteiger partial charge in [-0.1, -0.05) is 48.5 Å². The van der Waals surface area contributed by atoms with Gasteiger partial charge in [-0.2, -0.15) is 0 Å². The van der Waals surface area contributed by atoms with Gasteiger partial charge in [0.2, 0.25) is 0 Å². The van der Waals surface area contributed by atoms with Crippen LogP contribution in [0.25, 0.3) is 0 Å². The van der Waals surface area contributed by atoms with Crippen LogP contribution >= 0.6 is 0 Å². The first-order valence-corrected chi connectivity index (χ1v) is 7.73. The van der Waals surface area contributed by atoms with Crippen LogP contribution in [0.1, 0.15) is 54.9 Å². The summed E-state index contributed by atoms with van der Waals surface area (Å²) in [6.07, 6.45) is 1.16. The largest absolute Gasteiger partial charge is 0.381 e. The highest BCUT2D eigenvalue weighted by atomic mass is 16.5. The average Bonchev–Trinajstić information content (AvgIpc) is 2.26. The molecular formula is C16H35BO2. The summed E-state index contributed by atoms with van der Waals surface area (Å²) in [4.78, 5) is 0. The fourth-order valence-corrected chi connectivity index (χ4v) is 1.50. The molecule has 2 atom stereocenters. The molecule has 0 rings (SSSR count). The lowest BCUT2D eigenvalue weighted by Crippen LogP contribution is -2.24. The van der Waals surface area contributed by atoms with Crippen LogP contribution in [0.15, 0.2) is 0 Å². The van der Waals surface area contributed by atoms with Gasteiger partial charge in [-0.15, -0.1) is 0 Å². The van der Waals surface area contributed by atoms with Crippen LogP contribution in [-0.4, -0.2) is 34.3 Å². The minimum absolute atomic E-state index is 0.255. The fourth-order valence-electron chi connectivity index (χ4n) is 1.50. The summed E-state index contributed by atoms with van der Waals surface area (Å²) in [7, 11) is 2.25. The quantitative estimate of drug-likeness (QED) is 0.596. The summed E-state index contributed by atoms with van der Waals surface area (Å²) in [5.74, 6) is 1.10. The van der Waals surface area contributed by atoms with Gasteiger partial charge in [0.25, 0.3) is 0 Å². The molecule has 0 aromatic carbocycles. The van der Waals surface area contributed by atoms with E-state index in [9.17, 15) is 0 Å². The predicted molar refractivity (Wildman–Crippen MR) is 86.6 cm³/mol. The summed E-state index contributed by atoms with van der Waals surface area (Å²) in [6.45, 7) is 18.9. The zero-order chi connectivity index (χ0) is 15.1. The van der Waals surface area contributed by atoms with E-state index in [1.165, 1.54) is 0 Å². The van der Waals surface area contributed by atoms with Gasteiger partial charge in [0.1, 0.15) is 7.85 Å². The summed E-state index contributed by atoms with van der Waals surface area (Å²) >= 11 is 0. The van der Waals surface area contributed by atoms with Gasteiger partial charge in [-0.25, -0.2) is 0 Å². The number of hydrogen-bond donors (Lipinski definition) is 0. The van der Waals surface area contributed by atoms with Gasteiger partial charge < -0.3 is 9.47 Å². The Morgan fingerprint density at radius 2 is 1.47 bits per heavy atom. The molecule has 0 fully saturated rings. The normalized spacial score (nSPS) is 16.4. The van der Waals surface area contributed by atoms with E-state index < -0.39 is 0 Å². The first-order valence-electron chi connectivity index (χ1n) is 7.73.